The molecule has 0 saturated carbocycles. The average molecular weight is 319 g/mol. The summed E-state index contributed by atoms with van der Waals surface area (Å²) in [6.07, 6.45) is 1.55. The first-order valence-corrected chi connectivity index (χ1v) is 7.85. The number of nitrogens with zero attached hydrogens (tertiary/aromatic N) is 4. The maximum absolute atomic E-state index is 12.5. The Morgan fingerprint density at radius 2 is 2.24 bits per heavy atom. The molecule has 2 aromatic heterocycles. The van der Waals surface area contributed by atoms with Gasteiger partial charge in [0.2, 0.25) is 5.95 Å². The lowest BCUT2D eigenvalue weighted by molar-refractivity contribution is 0.0640. The number of nitrogens with two attached hydrogens (primary N) is 1. The molecule has 11 heteroatoms. The first kappa shape index (κ1) is 15.8. The molecule has 2 heterocycles. The van der Waals surface area contributed by atoms with Gasteiger partial charge >= 0.3 is 7.60 Å². The number of anilines is 1. The maximum Gasteiger partial charge on any atom is 0.350 e. The minimum atomic E-state index is -4.30. The first-order valence-electron chi connectivity index (χ1n) is 6.06. The van der Waals surface area contributed by atoms with Crippen LogP contribution in [0.4, 0.5) is 10.3 Å². The Kier molecular flexibility index (Phi) is 4.84. The van der Waals surface area contributed by atoms with E-state index in [1.165, 1.54) is 17.0 Å². The quantitative estimate of drug-likeness (QED) is 0.613. The maximum atomic E-state index is 12.5. The molecule has 0 aliphatic carbocycles. The third kappa shape index (κ3) is 4.18. The lowest BCUT2D eigenvalue weighted by Crippen LogP contribution is -2.18. The van der Waals surface area contributed by atoms with Crippen molar-refractivity contribution in [3.05, 3.63) is 18.1 Å². The van der Waals surface area contributed by atoms with Crippen LogP contribution in [0.15, 0.2) is 12.5 Å². The van der Waals surface area contributed by atoms with E-state index in [4.69, 9.17) is 20.3 Å². The highest BCUT2D eigenvalue weighted by Crippen LogP contribution is 2.35. The van der Waals surface area contributed by atoms with Crippen LogP contribution in [0.2, 0.25) is 0 Å². The predicted molar refractivity (Wildman–Crippen MR) is 71.3 cm³/mol. The van der Waals surface area contributed by atoms with Crippen molar-refractivity contribution in [2.45, 2.75) is 18.9 Å². The molecule has 1 atom stereocenters. The molecule has 0 radical (unpaired) electrons. The molecule has 0 bridgehead atoms. The number of ether oxygens (including phenoxy) is 1. The van der Waals surface area contributed by atoms with Crippen molar-refractivity contribution in [1.29, 1.82) is 0 Å². The van der Waals surface area contributed by atoms with E-state index in [9.17, 15) is 8.96 Å². The van der Waals surface area contributed by atoms with E-state index in [1.807, 2.05) is 0 Å². The Balaban J connectivity index is 2.15. The second kappa shape index (κ2) is 6.44. The molecule has 0 aliphatic heterocycles. The van der Waals surface area contributed by atoms with Crippen molar-refractivity contribution >= 4 is 19.2 Å². The van der Waals surface area contributed by atoms with E-state index in [0.29, 0.717) is 11.2 Å². The number of aromatic nitrogens is 4. The van der Waals surface area contributed by atoms with Crippen LogP contribution in [0.3, 0.4) is 0 Å². The van der Waals surface area contributed by atoms with Gasteiger partial charge in [-0.1, -0.05) is 0 Å². The lowest BCUT2D eigenvalue weighted by Gasteiger charge is -2.16. The Hall–Kier alpha value is -1.61. The zero-order valence-electron chi connectivity index (χ0n) is 11.0. The van der Waals surface area contributed by atoms with Crippen LogP contribution in [0.25, 0.3) is 5.65 Å². The number of nitrogen functional groups attached to an aromatic ring is 1. The van der Waals surface area contributed by atoms with Gasteiger partial charge in [-0.25, -0.2) is 9.97 Å². The van der Waals surface area contributed by atoms with Crippen molar-refractivity contribution in [2.24, 2.45) is 0 Å². The lowest BCUT2D eigenvalue weighted by atomic mass is 10.1. The standard InChI is InChI=1S/C10H15FN5O4P/c11-2-1-8(20-6-21(17,18)19)3-7-4-15-16-9(7)13-5-14-10(16)12/h4-5,8H,1-3,6H2,(H2,12,13,14)(H2,17,18,19). The molecule has 0 spiro atoms. The summed E-state index contributed by atoms with van der Waals surface area (Å²) >= 11 is 0. The van der Waals surface area contributed by atoms with Gasteiger partial charge in [0, 0.05) is 18.4 Å². The molecule has 4 N–H and O–H groups in total. The molecular weight excluding hydrogens is 304 g/mol. The highest BCUT2D eigenvalue weighted by molar-refractivity contribution is 7.51. The SMILES string of the molecule is Nc1ncnc2c(CC(CCF)OCP(=O)(O)O)cnn12. The summed E-state index contributed by atoms with van der Waals surface area (Å²) in [6, 6.07) is 0. The molecule has 0 aromatic carbocycles. The van der Waals surface area contributed by atoms with Crippen molar-refractivity contribution in [2.75, 3.05) is 18.8 Å². The molecule has 21 heavy (non-hydrogen) atoms. The number of rotatable bonds is 7. The number of halogens is 1. The van der Waals surface area contributed by atoms with Crippen LogP contribution in [0.5, 0.6) is 0 Å². The Bertz CT molecular complexity index is 660. The van der Waals surface area contributed by atoms with Gasteiger partial charge in [0.05, 0.1) is 19.0 Å². The number of alkyl halides is 1. The second-order valence-electron chi connectivity index (χ2n) is 4.40. The van der Waals surface area contributed by atoms with E-state index in [1.54, 1.807) is 0 Å². The van der Waals surface area contributed by atoms with E-state index in [-0.39, 0.29) is 18.8 Å². The van der Waals surface area contributed by atoms with Crippen LogP contribution < -0.4 is 5.73 Å². The summed E-state index contributed by atoms with van der Waals surface area (Å²) in [7, 11) is -4.30. The predicted octanol–water partition coefficient (Wildman–Crippen LogP) is 0.129. The molecule has 9 nitrogen and oxygen atoms in total. The summed E-state index contributed by atoms with van der Waals surface area (Å²) < 4.78 is 29.8. The fraction of sp³-hybridized carbons (Fsp3) is 0.500. The summed E-state index contributed by atoms with van der Waals surface area (Å²) in [5, 5.41) is 4.00. The van der Waals surface area contributed by atoms with Gasteiger partial charge in [0.15, 0.2) is 5.65 Å². The van der Waals surface area contributed by atoms with Crippen LogP contribution in [0, 0.1) is 0 Å². The Morgan fingerprint density at radius 3 is 2.90 bits per heavy atom. The molecule has 2 aromatic rings. The zero-order chi connectivity index (χ0) is 15.5. The van der Waals surface area contributed by atoms with Gasteiger partial charge in [-0.3, -0.25) is 8.96 Å². The topological polar surface area (TPSA) is 136 Å². The number of hydrogen-bond acceptors (Lipinski definition) is 6. The van der Waals surface area contributed by atoms with Crippen LogP contribution in [0.1, 0.15) is 12.0 Å². The molecular formula is C10H15FN5O4P. The molecule has 2 rings (SSSR count). The fourth-order valence-corrected chi connectivity index (χ4v) is 2.24. The Labute approximate surface area is 119 Å². The summed E-state index contributed by atoms with van der Waals surface area (Å²) in [6.45, 7) is -0.665. The minimum Gasteiger partial charge on any atom is -0.368 e. The van der Waals surface area contributed by atoms with Gasteiger partial charge in [-0.2, -0.15) is 9.61 Å². The summed E-state index contributed by atoms with van der Waals surface area (Å²) in [4.78, 5) is 25.4. The zero-order valence-corrected chi connectivity index (χ0v) is 11.9. The molecule has 0 amide bonds. The summed E-state index contributed by atoms with van der Waals surface area (Å²) in [5.41, 5.74) is 6.71. The van der Waals surface area contributed by atoms with Gasteiger partial charge in [-0.05, 0) is 0 Å². The molecule has 1 unspecified atom stereocenters. The van der Waals surface area contributed by atoms with Gasteiger partial charge in [0.1, 0.15) is 12.7 Å². The van der Waals surface area contributed by atoms with Crippen molar-refractivity contribution in [3.8, 4) is 0 Å². The van der Waals surface area contributed by atoms with Crippen LogP contribution in [-0.2, 0) is 15.7 Å². The smallest absolute Gasteiger partial charge is 0.350 e. The van der Waals surface area contributed by atoms with E-state index in [0.717, 1.165) is 0 Å². The van der Waals surface area contributed by atoms with Gasteiger partial charge in [-0.15, -0.1) is 0 Å². The van der Waals surface area contributed by atoms with Crippen LogP contribution in [-0.4, -0.2) is 48.5 Å². The number of hydrogen-bond donors (Lipinski definition) is 3. The highest BCUT2D eigenvalue weighted by atomic mass is 31.2. The largest absolute Gasteiger partial charge is 0.368 e. The van der Waals surface area contributed by atoms with Crippen molar-refractivity contribution in [1.82, 2.24) is 19.6 Å². The van der Waals surface area contributed by atoms with E-state index in [2.05, 4.69) is 15.1 Å². The van der Waals surface area contributed by atoms with Gasteiger partial charge in [0.25, 0.3) is 0 Å². The van der Waals surface area contributed by atoms with Crippen molar-refractivity contribution < 1.29 is 23.5 Å². The average Bonchev–Trinajstić information content (AvgIpc) is 2.80. The molecule has 116 valence electrons. The summed E-state index contributed by atoms with van der Waals surface area (Å²) in [5.74, 6) is 0.157. The van der Waals surface area contributed by atoms with Gasteiger partial charge < -0.3 is 20.3 Å². The normalized spacial score (nSPS) is 13.7. The fourth-order valence-electron chi connectivity index (χ4n) is 1.84. The van der Waals surface area contributed by atoms with E-state index < -0.39 is 26.7 Å². The third-order valence-electron chi connectivity index (χ3n) is 2.76. The second-order valence-corrected chi connectivity index (χ2v) is 5.99. The molecule has 0 saturated heterocycles. The molecule has 0 aliphatic rings. The third-order valence-corrected chi connectivity index (χ3v) is 3.25. The molecule has 0 fully saturated rings. The first-order chi connectivity index (χ1) is 9.90. The monoisotopic (exact) mass is 319 g/mol. The minimum absolute atomic E-state index is 0.0118. The van der Waals surface area contributed by atoms with E-state index >= 15 is 0 Å². The Morgan fingerprint density at radius 1 is 1.48 bits per heavy atom. The van der Waals surface area contributed by atoms with Crippen molar-refractivity contribution in [3.63, 3.8) is 0 Å². The van der Waals surface area contributed by atoms with Crippen LogP contribution >= 0.6 is 7.60 Å². The number of fused-ring (bicyclic) bond motifs is 1. The highest BCUT2D eigenvalue weighted by Gasteiger charge is 2.20.